The number of benzene rings is 1. The van der Waals surface area contributed by atoms with Crippen LogP contribution in [0.25, 0.3) is 0 Å². The molecule has 2 aromatic heterocycles. The van der Waals surface area contributed by atoms with Gasteiger partial charge in [0.15, 0.2) is 17.4 Å². The molecule has 0 spiro atoms. The van der Waals surface area contributed by atoms with Gasteiger partial charge in [0.05, 0.1) is 47.9 Å². The van der Waals surface area contributed by atoms with E-state index in [0.717, 1.165) is 42.3 Å². The van der Waals surface area contributed by atoms with Crippen LogP contribution in [-0.4, -0.2) is 49.0 Å². The third-order valence-corrected chi connectivity index (χ3v) is 6.20. The zero-order valence-electron chi connectivity index (χ0n) is 18.0. The van der Waals surface area contributed by atoms with Gasteiger partial charge in [-0.25, -0.2) is 0 Å². The number of aliphatic hydroxyl groups is 1. The van der Waals surface area contributed by atoms with Crippen molar-refractivity contribution in [2.45, 2.75) is 45.2 Å². The standard InChI is InChI=1S/C22H27N5O4S/c1-3-16(18-10-13(2)12-31-18)23-20-21(26-32-25-20)24-17-8-4-7-15(19(17)29)22(30)27-9-5-6-14(27)11-28/h4,7-8,10,12,14,16,28-29H,3,5-6,9,11H2,1-2H3,(H,23,25)(H,24,26)/t14?,16-/m1/s1. The molecule has 0 bridgehead atoms. The predicted molar refractivity (Wildman–Crippen MR) is 123 cm³/mol. The molecule has 1 saturated heterocycles. The minimum atomic E-state index is -0.295. The highest BCUT2D eigenvalue weighted by Crippen LogP contribution is 2.35. The number of likely N-dealkylation sites (tertiary alicyclic amines) is 1. The number of nitrogens with zero attached hydrogens (tertiary/aromatic N) is 3. The Balaban J connectivity index is 1.54. The second-order valence-electron chi connectivity index (χ2n) is 7.90. The first-order chi connectivity index (χ1) is 15.5. The summed E-state index contributed by atoms with van der Waals surface area (Å²) in [6.07, 6.45) is 4.08. The average Bonchev–Trinajstić information content (AvgIpc) is 3.54. The van der Waals surface area contributed by atoms with Gasteiger partial charge in [0.25, 0.3) is 5.91 Å². The average molecular weight is 458 g/mol. The molecule has 1 aliphatic rings. The van der Waals surface area contributed by atoms with Gasteiger partial charge in [-0.15, -0.1) is 0 Å². The lowest BCUT2D eigenvalue weighted by Gasteiger charge is -2.24. The summed E-state index contributed by atoms with van der Waals surface area (Å²) in [6.45, 7) is 4.49. The molecule has 1 aliphatic heterocycles. The molecule has 0 aliphatic carbocycles. The van der Waals surface area contributed by atoms with Crippen LogP contribution in [0.3, 0.4) is 0 Å². The molecule has 10 heteroatoms. The van der Waals surface area contributed by atoms with Crippen molar-refractivity contribution >= 4 is 35.0 Å². The number of amides is 1. The third kappa shape index (κ3) is 4.42. The summed E-state index contributed by atoms with van der Waals surface area (Å²) >= 11 is 1.04. The van der Waals surface area contributed by atoms with Crippen molar-refractivity contribution in [3.8, 4) is 5.75 Å². The van der Waals surface area contributed by atoms with Crippen molar-refractivity contribution in [3.63, 3.8) is 0 Å². The molecule has 9 nitrogen and oxygen atoms in total. The number of aryl methyl sites for hydroxylation is 1. The number of para-hydroxylation sites is 1. The van der Waals surface area contributed by atoms with Crippen molar-refractivity contribution in [1.29, 1.82) is 0 Å². The van der Waals surface area contributed by atoms with Gasteiger partial charge in [0.2, 0.25) is 0 Å². The molecule has 0 saturated carbocycles. The summed E-state index contributed by atoms with van der Waals surface area (Å²) in [5.74, 6) is 1.34. The van der Waals surface area contributed by atoms with Gasteiger partial charge in [0, 0.05) is 6.54 Å². The Labute approximate surface area is 190 Å². The first kappa shape index (κ1) is 22.1. The summed E-state index contributed by atoms with van der Waals surface area (Å²) in [4.78, 5) is 14.6. The fraction of sp³-hybridized carbons (Fsp3) is 0.409. The molecule has 4 N–H and O–H groups in total. The van der Waals surface area contributed by atoms with Gasteiger partial charge in [-0.1, -0.05) is 13.0 Å². The van der Waals surface area contributed by atoms with Crippen molar-refractivity contribution in [3.05, 3.63) is 47.4 Å². The number of phenolic OH excluding ortho intramolecular Hbond substituents is 1. The van der Waals surface area contributed by atoms with Crippen LogP contribution in [0.2, 0.25) is 0 Å². The molecule has 3 heterocycles. The van der Waals surface area contributed by atoms with Crippen LogP contribution in [0.1, 0.15) is 53.9 Å². The van der Waals surface area contributed by atoms with Gasteiger partial charge >= 0.3 is 0 Å². The lowest BCUT2D eigenvalue weighted by molar-refractivity contribution is 0.0674. The second kappa shape index (κ2) is 9.58. The Morgan fingerprint density at radius 2 is 2.19 bits per heavy atom. The zero-order valence-corrected chi connectivity index (χ0v) is 18.9. The number of phenols is 1. The number of furan rings is 1. The number of aromatic nitrogens is 2. The van der Waals surface area contributed by atoms with Gasteiger partial charge in [-0.05, 0) is 49.9 Å². The Kier molecular flexibility index (Phi) is 6.61. The number of carbonyl (C=O) groups is 1. The predicted octanol–water partition coefficient (Wildman–Crippen LogP) is 4.05. The van der Waals surface area contributed by atoms with Crippen molar-refractivity contribution in [2.24, 2.45) is 0 Å². The van der Waals surface area contributed by atoms with E-state index in [1.807, 2.05) is 19.9 Å². The number of aliphatic hydroxyl groups excluding tert-OH is 1. The van der Waals surface area contributed by atoms with Crippen molar-refractivity contribution in [1.82, 2.24) is 13.6 Å². The highest BCUT2D eigenvalue weighted by molar-refractivity contribution is 6.99. The quantitative estimate of drug-likeness (QED) is 0.374. The van der Waals surface area contributed by atoms with Crippen LogP contribution in [0.5, 0.6) is 5.75 Å². The number of aromatic hydroxyl groups is 1. The second-order valence-corrected chi connectivity index (χ2v) is 8.43. The molecule has 1 fully saturated rings. The summed E-state index contributed by atoms with van der Waals surface area (Å²) in [6, 6.07) is 6.64. The first-order valence-corrected chi connectivity index (χ1v) is 11.4. The molecule has 0 radical (unpaired) electrons. The number of nitrogens with one attached hydrogen (secondary N) is 2. The van der Waals surface area contributed by atoms with Crippen LogP contribution < -0.4 is 10.6 Å². The molecule has 4 rings (SSSR count). The van der Waals surface area contributed by atoms with Crippen molar-refractivity contribution < 1.29 is 19.4 Å². The maximum atomic E-state index is 13.0. The van der Waals surface area contributed by atoms with E-state index in [1.54, 1.807) is 29.4 Å². The highest BCUT2D eigenvalue weighted by atomic mass is 32.1. The van der Waals surface area contributed by atoms with Crippen LogP contribution >= 0.6 is 11.7 Å². The molecule has 1 amide bonds. The fourth-order valence-electron chi connectivity index (χ4n) is 3.93. The normalized spacial score (nSPS) is 16.8. The van der Waals surface area contributed by atoms with Crippen molar-refractivity contribution in [2.75, 3.05) is 23.8 Å². The van der Waals surface area contributed by atoms with Gasteiger partial charge in [-0.2, -0.15) is 8.75 Å². The minimum Gasteiger partial charge on any atom is -0.505 e. The van der Waals surface area contributed by atoms with Crippen LogP contribution in [0.4, 0.5) is 17.3 Å². The van der Waals surface area contributed by atoms with Crippen LogP contribution in [0.15, 0.2) is 34.9 Å². The summed E-state index contributed by atoms with van der Waals surface area (Å²) in [5, 5.41) is 26.8. The number of carbonyl (C=O) groups excluding carboxylic acids is 1. The largest absolute Gasteiger partial charge is 0.505 e. The van der Waals surface area contributed by atoms with E-state index in [2.05, 4.69) is 19.4 Å². The number of anilines is 3. The minimum absolute atomic E-state index is 0.0831. The first-order valence-electron chi connectivity index (χ1n) is 10.7. The maximum Gasteiger partial charge on any atom is 0.258 e. The molecule has 3 aromatic rings. The van der Waals surface area contributed by atoms with E-state index in [1.165, 1.54) is 0 Å². The Bertz CT molecular complexity index is 1080. The molecule has 32 heavy (non-hydrogen) atoms. The number of hydrogen-bond donors (Lipinski definition) is 4. The molecular formula is C22H27N5O4S. The number of rotatable bonds is 8. The third-order valence-electron chi connectivity index (χ3n) is 5.67. The monoisotopic (exact) mass is 457 g/mol. The summed E-state index contributed by atoms with van der Waals surface area (Å²) in [5.41, 5.74) is 1.58. The van der Waals surface area contributed by atoms with Crippen LogP contribution in [-0.2, 0) is 0 Å². The van der Waals surface area contributed by atoms with E-state index in [-0.39, 0.29) is 35.9 Å². The smallest absolute Gasteiger partial charge is 0.258 e. The molecule has 170 valence electrons. The maximum absolute atomic E-state index is 13.0. The van der Waals surface area contributed by atoms with E-state index in [4.69, 9.17) is 4.42 Å². The Morgan fingerprint density at radius 3 is 2.91 bits per heavy atom. The topological polar surface area (TPSA) is 124 Å². The molecule has 1 aromatic carbocycles. The lowest BCUT2D eigenvalue weighted by atomic mass is 10.1. The van der Waals surface area contributed by atoms with Gasteiger partial charge in [-0.3, -0.25) is 4.79 Å². The summed E-state index contributed by atoms with van der Waals surface area (Å²) in [7, 11) is 0. The van der Waals surface area contributed by atoms with Gasteiger partial charge < -0.3 is 30.2 Å². The summed E-state index contributed by atoms with van der Waals surface area (Å²) < 4.78 is 14.3. The fourth-order valence-corrected chi connectivity index (χ4v) is 4.41. The molecular weight excluding hydrogens is 430 g/mol. The van der Waals surface area contributed by atoms with Gasteiger partial charge in [0.1, 0.15) is 5.76 Å². The lowest BCUT2D eigenvalue weighted by Crippen LogP contribution is -2.37. The Morgan fingerprint density at radius 1 is 1.38 bits per heavy atom. The van der Waals surface area contributed by atoms with E-state index in [0.29, 0.717) is 23.9 Å². The Hall–Kier alpha value is -3.11. The van der Waals surface area contributed by atoms with E-state index in [9.17, 15) is 15.0 Å². The highest BCUT2D eigenvalue weighted by Gasteiger charge is 2.30. The SMILES string of the molecule is CC[C@@H](Nc1nsnc1Nc1cccc(C(=O)N2CCCC2CO)c1O)c1cc(C)co1. The number of hydrogen-bond acceptors (Lipinski definition) is 9. The molecule has 2 atom stereocenters. The van der Waals surface area contributed by atoms with Crippen LogP contribution in [0, 0.1) is 6.92 Å². The van der Waals surface area contributed by atoms with E-state index < -0.39 is 0 Å². The molecule has 1 unspecified atom stereocenters. The zero-order chi connectivity index (χ0) is 22.7. The van der Waals surface area contributed by atoms with E-state index >= 15 is 0 Å².